The molecule has 0 aromatic carbocycles. The highest BCUT2D eigenvalue weighted by Crippen LogP contribution is 2.32. The molecule has 1 N–H and O–H groups in total. The number of ether oxygens (including phenoxy) is 2. The standard InChI is InChI=1S/C10H15F3O5/c1-8(2,3)6(14)18-5-9(16,7(15)17-4)10(11,12)13/h16H,5H2,1-4H3. The molecule has 1 atom stereocenters. The van der Waals surface area contributed by atoms with Crippen LogP contribution in [-0.2, 0) is 19.1 Å². The van der Waals surface area contributed by atoms with E-state index >= 15 is 0 Å². The Morgan fingerprint density at radius 3 is 1.83 bits per heavy atom. The minimum atomic E-state index is -5.31. The first kappa shape index (κ1) is 16.7. The highest BCUT2D eigenvalue weighted by atomic mass is 19.4. The number of halogens is 3. The first-order chi connectivity index (χ1) is 7.86. The lowest BCUT2D eigenvalue weighted by atomic mass is 9.97. The van der Waals surface area contributed by atoms with Gasteiger partial charge in [0.2, 0.25) is 0 Å². The molecule has 106 valence electrons. The Morgan fingerprint density at radius 2 is 1.56 bits per heavy atom. The molecule has 0 spiro atoms. The van der Waals surface area contributed by atoms with E-state index in [2.05, 4.69) is 9.47 Å². The molecule has 0 saturated carbocycles. The van der Waals surface area contributed by atoms with Crippen LogP contribution in [0.3, 0.4) is 0 Å². The van der Waals surface area contributed by atoms with Crippen molar-refractivity contribution < 1.29 is 37.3 Å². The summed E-state index contributed by atoms with van der Waals surface area (Å²) in [5, 5.41) is 9.25. The van der Waals surface area contributed by atoms with Gasteiger partial charge >= 0.3 is 18.1 Å². The topological polar surface area (TPSA) is 72.8 Å². The molecular weight excluding hydrogens is 257 g/mol. The summed E-state index contributed by atoms with van der Waals surface area (Å²) in [6, 6.07) is 0. The Morgan fingerprint density at radius 1 is 1.11 bits per heavy atom. The van der Waals surface area contributed by atoms with Gasteiger partial charge in [-0.15, -0.1) is 0 Å². The van der Waals surface area contributed by atoms with E-state index in [1.54, 1.807) is 0 Å². The Kier molecular flexibility index (Phi) is 4.76. The third-order valence-electron chi connectivity index (χ3n) is 2.02. The monoisotopic (exact) mass is 272 g/mol. The van der Waals surface area contributed by atoms with Crippen molar-refractivity contribution in [2.24, 2.45) is 5.41 Å². The van der Waals surface area contributed by atoms with Crippen LogP contribution < -0.4 is 0 Å². The first-order valence-corrected chi connectivity index (χ1v) is 4.91. The van der Waals surface area contributed by atoms with Gasteiger partial charge in [-0.05, 0) is 20.8 Å². The number of carbonyl (C=O) groups excluding carboxylic acids is 2. The van der Waals surface area contributed by atoms with Crippen molar-refractivity contribution >= 4 is 11.9 Å². The maximum atomic E-state index is 12.5. The average molecular weight is 272 g/mol. The van der Waals surface area contributed by atoms with Crippen LogP contribution in [0.4, 0.5) is 13.2 Å². The van der Waals surface area contributed by atoms with Crippen molar-refractivity contribution in [3.05, 3.63) is 0 Å². The summed E-state index contributed by atoms with van der Waals surface area (Å²) in [4.78, 5) is 22.3. The molecule has 0 radical (unpaired) electrons. The number of alkyl halides is 3. The fourth-order valence-corrected chi connectivity index (χ4v) is 0.812. The normalized spacial score (nSPS) is 15.8. The van der Waals surface area contributed by atoms with E-state index in [0.717, 1.165) is 0 Å². The predicted molar refractivity (Wildman–Crippen MR) is 53.4 cm³/mol. The fourth-order valence-electron chi connectivity index (χ4n) is 0.812. The smallest absolute Gasteiger partial charge is 0.431 e. The third-order valence-corrected chi connectivity index (χ3v) is 2.02. The summed E-state index contributed by atoms with van der Waals surface area (Å²) in [5.74, 6) is -2.91. The molecule has 0 amide bonds. The Labute approximate surface area is 102 Å². The van der Waals surface area contributed by atoms with Gasteiger partial charge in [-0.2, -0.15) is 13.2 Å². The number of methoxy groups -OCH3 is 1. The summed E-state index contributed by atoms with van der Waals surface area (Å²) in [6.07, 6.45) is -5.31. The number of rotatable bonds is 3. The molecule has 0 heterocycles. The van der Waals surface area contributed by atoms with Crippen molar-refractivity contribution in [1.29, 1.82) is 0 Å². The van der Waals surface area contributed by atoms with Gasteiger partial charge in [-0.1, -0.05) is 0 Å². The molecule has 1 unspecified atom stereocenters. The van der Waals surface area contributed by atoms with Gasteiger partial charge in [0.05, 0.1) is 12.5 Å². The van der Waals surface area contributed by atoms with Crippen molar-refractivity contribution in [1.82, 2.24) is 0 Å². The molecule has 0 saturated heterocycles. The third kappa shape index (κ3) is 3.59. The quantitative estimate of drug-likeness (QED) is 0.777. The minimum absolute atomic E-state index is 0.685. The number of esters is 2. The highest BCUT2D eigenvalue weighted by Gasteiger charge is 2.62. The molecule has 0 aliphatic heterocycles. The number of carbonyl (C=O) groups is 2. The second-order valence-electron chi connectivity index (χ2n) is 4.68. The number of aliphatic hydroxyl groups is 1. The molecule has 0 aliphatic rings. The average Bonchev–Trinajstić information content (AvgIpc) is 2.20. The van der Waals surface area contributed by atoms with E-state index in [0.29, 0.717) is 7.11 Å². The van der Waals surface area contributed by atoms with Crippen LogP contribution in [0.15, 0.2) is 0 Å². The van der Waals surface area contributed by atoms with Crippen LogP contribution in [-0.4, -0.2) is 42.5 Å². The van der Waals surface area contributed by atoms with Crippen molar-refractivity contribution in [2.75, 3.05) is 13.7 Å². The first-order valence-electron chi connectivity index (χ1n) is 4.91. The lowest BCUT2D eigenvalue weighted by molar-refractivity contribution is -0.272. The maximum absolute atomic E-state index is 12.5. The van der Waals surface area contributed by atoms with Gasteiger partial charge in [0, 0.05) is 0 Å². The SMILES string of the molecule is COC(=O)C(O)(COC(=O)C(C)(C)C)C(F)(F)F. The van der Waals surface area contributed by atoms with Crippen LogP contribution in [0.2, 0.25) is 0 Å². The summed E-state index contributed by atoms with van der Waals surface area (Å²) < 4.78 is 45.8. The molecule has 0 aliphatic carbocycles. The van der Waals surface area contributed by atoms with Crippen LogP contribution >= 0.6 is 0 Å². The van der Waals surface area contributed by atoms with Crippen molar-refractivity contribution in [3.8, 4) is 0 Å². The van der Waals surface area contributed by atoms with Crippen molar-refractivity contribution in [3.63, 3.8) is 0 Å². The second kappa shape index (κ2) is 5.13. The van der Waals surface area contributed by atoms with E-state index in [1.165, 1.54) is 20.8 Å². The minimum Gasteiger partial charge on any atom is -0.467 e. The van der Waals surface area contributed by atoms with Gasteiger partial charge in [0.1, 0.15) is 6.61 Å². The van der Waals surface area contributed by atoms with E-state index in [4.69, 9.17) is 0 Å². The molecule has 8 heteroatoms. The lowest BCUT2D eigenvalue weighted by Gasteiger charge is -2.28. The molecule has 0 fully saturated rings. The van der Waals surface area contributed by atoms with E-state index in [9.17, 15) is 27.9 Å². The maximum Gasteiger partial charge on any atom is 0.431 e. The molecule has 0 aromatic heterocycles. The van der Waals surface area contributed by atoms with E-state index < -0.39 is 35.7 Å². The van der Waals surface area contributed by atoms with Gasteiger partial charge < -0.3 is 14.6 Å². The Hall–Kier alpha value is -1.31. The summed E-state index contributed by atoms with van der Waals surface area (Å²) in [5.41, 5.74) is -4.91. The van der Waals surface area contributed by atoms with Crippen LogP contribution in [0, 0.1) is 5.41 Å². The highest BCUT2D eigenvalue weighted by molar-refractivity contribution is 5.81. The molecule has 0 bridgehead atoms. The predicted octanol–water partition coefficient (Wildman–Crippen LogP) is 1.04. The zero-order chi connectivity index (χ0) is 14.8. The van der Waals surface area contributed by atoms with Crippen LogP contribution in [0.5, 0.6) is 0 Å². The van der Waals surface area contributed by atoms with Crippen molar-refractivity contribution in [2.45, 2.75) is 32.5 Å². The Balaban J connectivity index is 4.97. The van der Waals surface area contributed by atoms with Gasteiger partial charge in [-0.25, -0.2) is 4.79 Å². The summed E-state index contributed by atoms with van der Waals surface area (Å²) in [6.45, 7) is 2.71. The van der Waals surface area contributed by atoms with E-state index in [-0.39, 0.29) is 0 Å². The molecule has 0 rings (SSSR count). The summed E-state index contributed by atoms with van der Waals surface area (Å²) in [7, 11) is 0.685. The lowest BCUT2D eigenvalue weighted by Crippen LogP contribution is -2.56. The molecule has 18 heavy (non-hydrogen) atoms. The fraction of sp³-hybridized carbons (Fsp3) is 0.800. The zero-order valence-corrected chi connectivity index (χ0v) is 10.4. The second-order valence-corrected chi connectivity index (χ2v) is 4.68. The largest absolute Gasteiger partial charge is 0.467 e. The molecule has 5 nitrogen and oxygen atoms in total. The van der Waals surface area contributed by atoms with Gasteiger partial charge in [-0.3, -0.25) is 4.79 Å². The van der Waals surface area contributed by atoms with Crippen LogP contribution in [0.1, 0.15) is 20.8 Å². The van der Waals surface area contributed by atoms with Crippen LogP contribution in [0.25, 0.3) is 0 Å². The summed E-state index contributed by atoms with van der Waals surface area (Å²) >= 11 is 0. The zero-order valence-electron chi connectivity index (χ0n) is 10.4. The van der Waals surface area contributed by atoms with Gasteiger partial charge in [0.25, 0.3) is 5.60 Å². The number of hydrogen-bond donors (Lipinski definition) is 1. The molecule has 0 aromatic rings. The number of hydrogen-bond acceptors (Lipinski definition) is 5. The Bertz CT molecular complexity index is 331. The molecular formula is C10H15F3O5. The van der Waals surface area contributed by atoms with Gasteiger partial charge in [0.15, 0.2) is 0 Å². The van der Waals surface area contributed by atoms with E-state index in [1.807, 2.05) is 0 Å².